The van der Waals surface area contributed by atoms with Gasteiger partial charge in [-0.2, -0.15) is 4.98 Å². The van der Waals surface area contributed by atoms with E-state index < -0.39 is 0 Å². The highest BCUT2D eigenvalue weighted by atomic mass is 16.5. The van der Waals surface area contributed by atoms with Gasteiger partial charge in [0.25, 0.3) is 0 Å². The molecule has 1 N–H and O–H groups in total. The van der Waals surface area contributed by atoms with E-state index in [4.69, 9.17) is 4.74 Å². The van der Waals surface area contributed by atoms with Gasteiger partial charge in [-0.15, -0.1) is 0 Å². The van der Waals surface area contributed by atoms with Crippen LogP contribution in [0.15, 0.2) is 6.07 Å². The highest BCUT2D eigenvalue weighted by Crippen LogP contribution is 2.20. The number of hydrogen-bond acceptors (Lipinski definition) is 5. The van der Waals surface area contributed by atoms with Crippen LogP contribution in [-0.4, -0.2) is 41.7 Å². The largest absolute Gasteiger partial charge is 0.475 e. The minimum atomic E-state index is 0.132. The lowest BCUT2D eigenvalue weighted by atomic mass is 10.1. The maximum atomic E-state index is 5.70. The molecule has 1 saturated heterocycles. The molecule has 0 saturated carbocycles. The van der Waals surface area contributed by atoms with Crippen LogP contribution in [0.4, 0.5) is 5.95 Å². The van der Waals surface area contributed by atoms with E-state index in [2.05, 4.69) is 27.1 Å². The van der Waals surface area contributed by atoms with Crippen molar-refractivity contribution < 1.29 is 4.74 Å². The van der Waals surface area contributed by atoms with Crippen molar-refractivity contribution in [1.82, 2.24) is 15.3 Å². The summed E-state index contributed by atoms with van der Waals surface area (Å²) in [7, 11) is 0. The molecule has 5 nitrogen and oxygen atoms in total. The summed E-state index contributed by atoms with van der Waals surface area (Å²) in [5, 5.41) is 3.42. The highest BCUT2D eigenvalue weighted by Gasteiger charge is 2.23. The summed E-state index contributed by atoms with van der Waals surface area (Å²) in [5.74, 6) is 1.47. The van der Waals surface area contributed by atoms with Crippen LogP contribution in [0.3, 0.4) is 0 Å². The van der Waals surface area contributed by atoms with Gasteiger partial charge in [0.15, 0.2) is 0 Å². The number of piperazine rings is 1. The maximum absolute atomic E-state index is 5.70. The molecule has 0 radical (unpaired) electrons. The molecule has 0 amide bonds. The van der Waals surface area contributed by atoms with Gasteiger partial charge in [0.05, 0.1) is 6.10 Å². The van der Waals surface area contributed by atoms with Crippen LogP contribution in [-0.2, 0) is 0 Å². The molecule has 1 atom stereocenters. The molecule has 1 aromatic heterocycles. The van der Waals surface area contributed by atoms with Gasteiger partial charge in [0, 0.05) is 37.4 Å². The van der Waals surface area contributed by atoms with Gasteiger partial charge in [-0.1, -0.05) is 6.92 Å². The van der Waals surface area contributed by atoms with E-state index in [1.165, 1.54) is 0 Å². The van der Waals surface area contributed by atoms with Crippen molar-refractivity contribution in [2.75, 3.05) is 24.5 Å². The molecule has 5 heteroatoms. The van der Waals surface area contributed by atoms with E-state index >= 15 is 0 Å². The minimum absolute atomic E-state index is 0.132. The molecule has 19 heavy (non-hydrogen) atoms. The molecule has 1 fully saturated rings. The molecule has 0 spiro atoms. The van der Waals surface area contributed by atoms with Gasteiger partial charge in [-0.3, -0.25) is 0 Å². The summed E-state index contributed by atoms with van der Waals surface area (Å²) in [6.45, 7) is 11.1. The third-order valence-electron chi connectivity index (χ3n) is 3.25. The molecule has 2 heterocycles. The molecule has 2 rings (SSSR count). The predicted octanol–water partition coefficient (Wildman–Crippen LogP) is 1.76. The summed E-state index contributed by atoms with van der Waals surface area (Å²) in [6.07, 6.45) is 1.22. The zero-order valence-electron chi connectivity index (χ0n) is 12.3. The number of ether oxygens (including phenoxy) is 1. The number of nitrogens with zero attached hydrogens (tertiary/aromatic N) is 3. The molecule has 1 aliphatic heterocycles. The SMILES string of the molecule is CCC1CNCCN1c1nc(C)cc(OC(C)C)n1. The van der Waals surface area contributed by atoms with Gasteiger partial charge in [0.1, 0.15) is 0 Å². The summed E-state index contributed by atoms with van der Waals surface area (Å²) >= 11 is 0. The topological polar surface area (TPSA) is 50.3 Å². The molecular weight excluding hydrogens is 240 g/mol. The van der Waals surface area contributed by atoms with Crippen LogP contribution in [0.5, 0.6) is 5.88 Å². The van der Waals surface area contributed by atoms with E-state index in [1.807, 2.05) is 26.8 Å². The number of rotatable bonds is 4. The standard InChI is InChI=1S/C14H24N4O/c1-5-12-9-15-6-7-18(12)14-16-11(4)8-13(17-14)19-10(2)3/h8,10,12,15H,5-7,9H2,1-4H3. The van der Waals surface area contributed by atoms with Crippen molar-refractivity contribution in [3.63, 3.8) is 0 Å². The minimum Gasteiger partial charge on any atom is -0.475 e. The first-order valence-electron chi connectivity index (χ1n) is 7.10. The van der Waals surface area contributed by atoms with Gasteiger partial charge in [-0.25, -0.2) is 4.98 Å². The Morgan fingerprint density at radius 3 is 2.95 bits per heavy atom. The van der Waals surface area contributed by atoms with Gasteiger partial charge < -0.3 is 15.0 Å². The fourth-order valence-electron chi connectivity index (χ4n) is 2.34. The summed E-state index contributed by atoms with van der Waals surface area (Å²) in [6, 6.07) is 2.36. The normalized spacial score (nSPS) is 19.8. The van der Waals surface area contributed by atoms with Crippen molar-refractivity contribution in [3.8, 4) is 5.88 Å². The number of hydrogen-bond donors (Lipinski definition) is 1. The maximum Gasteiger partial charge on any atom is 0.229 e. The summed E-state index contributed by atoms with van der Waals surface area (Å²) in [5.41, 5.74) is 0.953. The smallest absolute Gasteiger partial charge is 0.229 e. The number of nitrogens with one attached hydrogen (secondary N) is 1. The Morgan fingerprint density at radius 2 is 2.26 bits per heavy atom. The number of aromatic nitrogens is 2. The second kappa shape index (κ2) is 6.19. The zero-order chi connectivity index (χ0) is 13.8. The second-order valence-electron chi connectivity index (χ2n) is 5.27. The van der Waals surface area contributed by atoms with Crippen LogP contribution in [0, 0.1) is 6.92 Å². The van der Waals surface area contributed by atoms with Gasteiger partial charge >= 0.3 is 0 Å². The van der Waals surface area contributed by atoms with Crippen LogP contribution in [0.2, 0.25) is 0 Å². The third-order valence-corrected chi connectivity index (χ3v) is 3.25. The van der Waals surface area contributed by atoms with E-state index in [0.717, 1.165) is 37.7 Å². The Bertz CT molecular complexity index is 422. The Hall–Kier alpha value is -1.36. The van der Waals surface area contributed by atoms with E-state index in [9.17, 15) is 0 Å². The number of aryl methyl sites for hydroxylation is 1. The molecule has 0 aliphatic carbocycles. The molecule has 106 valence electrons. The first kappa shape index (κ1) is 14.1. The number of anilines is 1. The third kappa shape index (κ3) is 3.56. The second-order valence-corrected chi connectivity index (χ2v) is 5.27. The lowest BCUT2D eigenvalue weighted by molar-refractivity contribution is 0.232. The molecular formula is C14H24N4O. The molecule has 0 aromatic carbocycles. The fourth-order valence-corrected chi connectivity index (χ4v) is 2.34. The molecule has 0 bridgehead atoms. The van der Waals surface area contributed by atoms with Crippen LogP contribution < -0.4 is 15.0 Å². The average molecular weight is 264 g/mol. The zero-order valence-corrected chi connectivity index (χ0v) is 12.3. The first-order valence-corrected chi connectivity index (χ1v) is 7.10. The Morgan fingerprint density at radius 1 is 1.47 bits per heavy atom. The van der Waals surface area contributed by atoms with Gasteiger partial charge in [-0.05, 0) is 27.2 Å². The Kier molecular flexibility index (Phi) is 4.58. The van der Waals surface area contributed by atoms with Crippen molar-refractivity contribution in [2.24, 2.45) is 0 Å². The molecule has 1 aromatic rings. The Balaban J connectivity index is 2.24. The molecule has 1 aliphatic rings. The fraction of sp³-hybridized carbons (Fsp3) is 0.714. The summed E-state index contributed by atoms with van der Waals surface area (Å²) in [4.78, 5) is 11.4. The highest BCUT2D eigenvalue weighted by molar-refractivity contribution is 5.36. The van der Waals surface area contributed by atoms with Gasteiger partial charge in [0.2, 0.25) is 11.8 Å². The average Bonchev–Trinajstić information content (AvgIpc) is 2.37. The van der Waals surface area contributed by atoms with Crippen LogP contribution in [0.1, 0.15) is 32.9 Å². The van der Waals surface area contributed by atoms with E-state index in [1.54, 1.807) is 0 Å². The van der Waals surface area contributed by atoms with Crippen molar-refractivity contribution in [2.45, 2.75) is 46.3 Å². The van der Waals surface area contributed by atoms with E-state index in [-0.39, 0.29) is 6.10 Å². The molecule has 1 unspecified atom stereocenters. The monoisotopic (exact) mass is 264 g/mol. The van der Waals surface area contributed by atoms with Crippen LogP contribution >= 0.6 is 0 Å². The quantitative estimate of drug-likeness (QED) is 0.898. The van der Waals surface area contributed by atoms with Crippen LogP contribution in [0.25, 0.3) is 0 Å². The Labute approximate surface area is 115 Å². The van der Waals surface area contributed by atoms with Crippen molar-refractivity contribution >= 4 is 5.95 Å². The van der Waals surface area contributed by atoms with Crippen molar-refractivity contribution in [1.29, 1.82) is 0 Å². The lowest BCUT2D eigenvalue weighted by Gasteiger charge is -2.35. The van der Waals surface area contributed by atoms with Crippen molar-refractivity contribution in [3.05, 3.63) is 11.8 Å². The predicted molar refractivity (Wildman–Crippen MR) is 76.8 cm³/mol. The lowest BCUT2D eigenvalue weighted by Crippen LogP contribution is -2.51. The van der Waals surface area contributed by atoms with E-state index in [0.29, 0.717) is 11.9 Å². The first-order chi connectivity index (χ1) is 9.10. The summed E-state index contributed by atoms with van der Waals surface area (Å²) < 4.78 is 5.70.